The van der Waals surface area contributed by atoms with E-state index < -0.39 is 0 Å². The molecule has 0 bridgehead atoms. The zero-order valence-electron chi connectivity index (χ0n) is 13.2. The van der Waals surface area contributed by atoms with Gasteiger partial charge in [-0.15, -0.1) is 10.2 Å². The number of halogens is 1. The normalized spacial score (nSPS) is 13.4. The van der Waals surface area contributed by atoms with E-state index in [9.17, 15) is 4.39 Å². The number of benzene rings is 2. The maximum absolute atomic E-state index is 13.1. The number of nitrogens with two attached hydrogens (primary N) is 2. The van der Waals surface area contributed by atoms with Crippen LogP contribution in [-0.2, 0) is 6.42 Å². The van der Waals surface area contributed by atoms with Gasteiger partial charge in [-0.1, -0.05) is 18.2 Å². The Labute approximate surface area is 147 Å². The number of rotatable bonds is 3. The molecule has 0 fully saturated rings. The minimum atomic E-state index is -0.265. The van der Waals surface area contributed by atoms with Crippen LogP contribution < -0.4 is 11.5 Å². The van der Waals surface area contributed by atoms with Crippen molar-refractivity contribution < 1.29 is 4.39 Å². The predicted octanol–water partition coefficient (Wildman–Crippen LogP) is 2.93. The molecule has 4 rings (SSSR count). The molecule has 0 unspecified atom stereocenters. The van der Waals surface area contributed by atoms with Gasteiger partial charge in [0.1, 0.15) is 5.82 Å². The number of anilines is 2. The van der Waals surface area contributed by atoms with E-state index in [1.54, 1.807) is 22.9 Å². The number of aromatic nitrogens is 3. The Kier molecular flexibility index (Phi) is 3.89. The summed E-state index contributed by atoms with van der Waals surface area (Å²) in [5.41, 5.74) is 14.7. The molecule has 1 aliphatic rings. The topological polar surface area (TPSA) is 95.1 Å². The lowest BCUT2D eigenvalue weighted by atomic mass is 10.0. The third kappa shape index (κ3) is 2.96. The first-order chi connectivity index (χ1) is 12.1. The van der Waals surface area contributed by atoms with Crippen molar-refractivity contribution in [1.82, 2.24) is 14.9 Å². The summed E-state index contributed by atoms with van der Waals surface area (Å²) in [5, 5.41) is 13.7. The average molecular weight is 354 g/mol. The van der Waals surface area contributed by atoms with Gasteiger partial charge in [-0.05, 0) is 48.0 Å². The van der Waals surface area contributed by atoms with Gasteiger partial charge in [0.05, 0.1) is 17.1 Å². The molecule has 0 spiro atoms. The number of hydrogen-bond donors (Lipinski definition) is 2. The van der Waals surface area contributed by atoms with Crippen molar-refractivity contribution in [2.75, 3.05) is 11.5 Å². The highest BCUT2D eigenvalue weighted by atomic mass is 32.2. The van der Waals surface area contributed by atoms with Crippen molar-refractivity contribution in [1.29, 1.82) is 0 Å². The van der Waals surface area contributed by atoms with Crippen LogP contribution in [0.25, 0.3) is 0 Å². The van der Waals surface area contributed by atoms with Crippen LogP contribution in [-0.4, -0.2) is 20.6 Å². The molecule has 8 heteroatoms. The van der Waals surface area contributed by atoms with E-state index in [1.807, 2.05) is 12.1 Å². The Bertz CT molecular complexity index is 964. The molecule has 0 saturated carbocycles. The molecule has 1 aromatic heterocycles. The van der Waals surface area contributed by atoms with E-state index in [0.29, 0.717) is 16.5 Å². The zero-order valence-corrected chi connectivity index (χ0v) is 14.0. The molecule has 0 atom stereocenters. The summed E-state index contributed by atoms with van der Waals surface area (Å²) in [5.74, 6) is 0.523. The van der Waals surface area contributed by atoms with Gasteiger partial charge in [0, 0.05) is 11.3 Å². The van der Waals surface area contributed by atoms with E-state index in [2.05, 4.69) is 15.3 Å². The average Bonchev–Trinajstić information content (AvgIpc) is 3.02. The first kappa shape index (κ1) is 15.6. The van der Waals surface area contributed by atoms with E-state index in [-0.39, 0.29) is 5.82 Å². The largest absolute Gasteiger partial charge is 0.397 e. The van der Waals surface area contributed by atoms with Crippen LogP contribution in [0, 0.1) is 5.82 Å². The second-order valence-corrected chi connectivity index (χ2v) is 6.63. The van der Waals surface area contributed by atoms with Crippen molar-refractivity contribution in [2.45, 2.75) is 22.9 Å². The highest BCUT2D eigenvalue weighted by Gasteiger charge is 2.20. The Balaban J connectivity index is 1.69. The number of nitrogens with zero attached hydrogens (tertiary/aromatic N) is 4. The van der Waals surface area contributed by atoms with Crippen molar-refractivity contribution in [3.63, 3.8) is 0 Å². The van der Waals surface area contributed by atoms with Crippen LogP contribution in [0.4, 0.5) is 15.8 Å². The zero-order chi connectivity index (χ0) is 17.4. The van der Waals surface area contributed by atoms with Gasteiger partial charge in [0.25, 0.3) is 0 Å². The highest BCUT2D eigenvalue weighted by Crippen LogP contribution is 2.34. The molecule has 0 radical (unpaired) electrons. The first-order valence-corrected chi connectivity index (χ1v) is 8.53. The molecular formula is C17H15FN6S. The fraction of sp³-hybridized carbons (Fsp3) is 0.118. The molecule has 0 amide bonds. The molecule has 2 aromatic carbocycles. The first-order valence-electron chi connectivity index (χ1n) is 7.72. The molecule has 0 aliphatic carbocycles. The molecule has 0 saturated heterocycles. The number of para-hydroxylation sites is 1. The highest BCUT2D eigenvalue weighted by molar-refractivity contribution is 7.99. The van der Waals surface area contributed by atoms with Gasteiger partial charge in [-0.2, -0.15) is 9.78 Å². The summed E-state index contributed by atoms with van der Waals surface area (Å²) in [7, 11) is 0. The summed E-state index contributed by atoms with van der Waals surface area (Å²) >= 11 is 1.37. The summed E-state index contributed by atoms with van der Waals surface area (Å²) in [6.07, 6.45) is 1.45. The second-order valence-electron chi connectivity index (χ2n) is 5.63. The summed E-state index contributed by atoms with van der Waals surface area (Å²) in [4.78, 5) is 0.805. The molecule has 25 heavy (non-hydrogen) atoms. The summed E-state index contributed by atoms with van der Waals surface area (Å²) < 4.78 is 14.8. The number of hydrogen-bond acceptors (Lipinski definition) is 6. The standard InChI is InChI=1S/C17H15FN6S/c18-11-6-4-10(5-7-11)13-8-9-15-21-22-17(24(15)23-13)25-14-3-1-2-12(19)16(14)20/h1-7H,8-9,19-20H2. The molecule has 4 N–H and O–H groups in total. The Morgan fingerprint density at radius 3 is 2.60 bits per heavy atom. The van der Waals surface area contributed by atoms with E-state index in [0.717, 1.165) is 34.8 Å². The van der Waals surface area contributed by atoms with E-state index in [1.165, 1.54) is 23.9 Å². The van der Waals surface area contributed by atoms with Gasteiger partial charge in [-0.3, -0.25) is 0 Å². The van der Waals surface area contributed by atoms with Crippen LogP contribution in [0.3, 0.4) is 0 Å². The van der Waals surface area contributed by atoms with Crippen LogP contribution in [0.5, 0.6) is 0 Å². The summed E-state index contributed by atoms with van der Waals surface area (Å²) in [6, 6.07) is 11.8. The molecule has 2 heterocycles. The number of fused-ring (bicyclic) bond motifs is 1. The Hall–Kier alpha value is -2.87. The van der Waals surface area contributed by atoms with Gasteiger partial charge >= 0.3 is 0 Å². The van der Waals surface area contributed by atoms with Crippen LogP contribution >= 0.6 is 11.8 Å². The fourth-order valence-corrected chi connectivity index (χ4v) is 3.49. The minimum absolute atomic E-state index is 0.265. The quantitative estimate of drug-likeness (QED) is 0.705. The molecular weight excluding hydrogens is 339 g/mol. The smallest absolute Gasteiger partial charge is 0.216 e. The maximum Gasteiger partial charge on any atom is 0.216 e. The van der Waals surface area contributed by atoms with Crippen molar-refractivity contribution in [3.8, 4) is 0 Å². The predicted molar refractivity (Wildman–Crippen MR) is 96.1 cm³/mol. The van der Waals surface area contributed by atoms with Crippen molar-refractivity contribution in [2.24, 2.45) is 5.10 Å². The molecule has 3 aromatic rings. The third-order valence-corrected chi connectivity index (χ3v) is 4.97. The van der Waals surface area contributed by atoms with E-state index in [4.69, 9.17) is 11.5 Å². The van der Waals surface area contributed by atoms with Gasteiger partial charge < -0.3 is 11.5 Å². The van der Waals surface area contributed by atoms with Gasteiger partial charge in [-0.25, -0.2) is 4.39 Å². The minimum Gasteiger partial charge on any atom is -0.397 e. The second kappa shape index (κ2) is 6.21. The maximum atomic E-state index is 13.1. The fourth-order valence-electron chi connectivity index (χ4n) is 2.61. The lowest BCUT2D eigenvalue weighted by Crippen LogP contribution is -2.15. The molecule has 1 aliphatic heterocycles. The number of nitrogen functional groups attached to an aromatic ring is 2. The van der Waals surface area contributed by atoms with Crippen LogP contribution in [0.15, 0.2) is 57.6 Å². The Morgan fingerprint density at radius 1 is 1.00 bits per heavy atom. The van der Waals surface area contributed by atoms with Crippen molar-refractivity contribution >= 4 is 28.8 Å². The van der Waals surface area contributed by atoms with Crippen LogP contribution in [0.1, 0.15) is 17.8 Å². The van der Waals surface area contributed by atoms with Gasteiger partial charge in [0.15, 0.2) is 5.82 Å². The molecule has 126 valence electrons. The molecule has 6 nitrogen and oxygen atoms in total. The SMILES string of the molecule is Nc1cccc(Sc2nnc3n2N=C(c2ccc(F)cc2)CC3)c1N. The van der Waals surface area contributed by atoms with Gasteiger partial charge in [0.2, 0.25) is 5.16 Å². The van der Waals surface area contributed by atoms with E-state index >= 15 is 0 Å². The number of aryl methyl sites for hydroxylation is 1. The monoisotopic (exact) mass is 354 g/mol. The van der Waals surface area contributed by atoms with Crippen LogP contribution in [0.2, 0.25) is 0 Å². The third-order valence-electron chi connectivity index (χ3n) is 3.96. The lowest BCUT2D eigenvalue weighted by molar-refractivity contribution is 0.627. The van der Waals surface area contributed by atoms with Crippen molar-refractivity contribution in [3.05, 3.63) is 59.7 Å². The lowest BCUT2D eigenvalue weighted by Gasteiger charge is -2.14. The Morgan fingerprint density at radius 2 is 1.80 bits per heavy atom. The summed E-state index contributed by atoms with van der Waals surface area (Å²) in [6.45, 7) is 0.